The number of hydrogen-bond donors (Lipinski definition) is 1. The van der Waals surface area contributed by atoms with E-state index in [4.69, 9.17) is 9.72 Å². The Labute approximate surface area is 185 Å². The van der Waals surface area contributed by atoms with E-state index in [0.29, 0.717) is 19.1 Å². The van der Waals surface area contributed by atoms with Gasteiger partial charge in [-0.1, -0.05) is 30.3 Å². The van der Waals surface area contributed by atoms with E-state index < -0.39 is 0 Å². The summed E-state index contributed by atoms with van der Waals surface area (Å²) in [5, 5.41) is 4.21. The number of fused-ring (bicyclic) bond motifs is 3. The summed E-state index contributed by atoms with van der Waals surface area (Å²) in [6, 6.07) is 17.8. The van der Waals surface area contributed by atoms with E-state index in [0.717, 1.165) is 46.5 Å². The number of aryl methyl sites for hydroxylation is 2. The van der Waals surface area contributed by atoms with Crippen molar-refractivity contribution in [3.63, 3.8) is 0 Å². The number of thiophene rings is 1. The molecule has 0 amide bonds. The Morgan fingerprint density at radius 2 is 1.94 bits per heavy atom. The molecule has 0 bridgehead atoms. The number of nitrogens with zero attached hydrogens (tertiary/aromatic N) is 2. The normalized spacial score (nSPS) is 13.2. The summed E-state index contributed by atoms with van der Waals surface area (Å²) in [5.41, 5.74) is 3.24. The maximum absolute atomic E-state index is 13.3. The summed E-state index contributed by atoms with van der Waals surface area (Å²) in [5.74, 6) is 1.44. The first kappa shape index (κ1) is 19.8. The molecule has 5 rings (SSSR count). The molecule has 0 spiro atoms. The van der Waals surface area contributed by atoms with E-state index in [1.54, 1.807) is 15.9 Å². The molecular formula is C25H25N3O2S. The molecule has 2 aromatic heterocycles. The zero-order valence-corrected chi connectivity index (χ0v) is 18.4. The lowest BCUT2D eigenvalue weighted by Crippen LogP contribution is -2.23. The highest BCUT2D eigenvalue weighted by Gasteiger charge is 2.21. The summed E-state index contributed by atoms with van der Waals surface area (Å²) in [4.78, 5) is 20.4. The Hall–Kier alpha value is -3.12. The summed E-state index contributed by atoms with van der Waals surface area (Å²) in [7, 11) is 0. The van der Waals surface area contributed by atoms with Crippen LogP contribution < -0.4 is 15.6 Å². The third kappa shape index (κ3) is 3.95. The molecule has 2 heterocycles. The van der Waals surface area contributed by atoms with E-state index >= 15 is 0 Å². The summed E-state index contributed by atoms with van der Waals surface area (Å²) in [6.07, 6.45) is 4.41. The molecule has 0 aliphatic heterocycles. The molecule has 0 saturated carbocycles. The van der Waals surface area contributed by atoms with Crippen molar-refractivity contribution in [3.05, 3.63) is 81.0 Å². The van der Waals surface area contributed by atoms with Gasteiger partial charge in [-0.05, 0) is 68.0 Å². The number of nitrogens with one attached hydrogen (secondary N) is 1. The van der Waals surface area contributed by atoms with Gasteiger partial charge in [0.05, 0.1) is 5.39 Å². The Kier molecular flexibility index (Phi) is 5.47. The summed E-state index contributed by atoms with van der Waals surface area (Å²) < 4.78 is 7.62. The van der Waals surface area contributed by atoms with Crippen LogP contribution in [0.4, 0.5) is 11.6 Å². The second-order valence-electron chi connectivity index (χ2n) is 7.80. The highest BCUT2D eigenvalue weighted by atomic mass is 32.1. The first-order valence-corrected chi connectivity index (χ1v) is 11.6. The predicted molar refractivity (Wildman–Crippen MR) is 127 cm³/mol. The molecule has 0 fully saturated rings. The first-order chi connectivity index (χ1) is 15.2. The van der Waals surface area contributed by atoms with Crippen molar-refractivity contribution in [3.8, 4) is 5.75 Å². The quantitative estimate of drug-likeness (QED) is 0.427. The fraction of sp³-hybridized carbons (Fsp3) is 0.280. The van der Waals surface area contributed by atoms with Crippen molar-refractivity contribution in [2.24, 2.45) is 0 Å². The third-order valence-electron chi connectivity index (χ3n) is 5.72. The molecule has 2 aromatic carbocycles. The van der Waals surface area contributed by atoms with E-state index in [2.05, 4.69) is 5.32 Å². The van der Waals surface area contributed by atoms with Crippen LogP contribution in [-0.4, -0.2) is 9.55 Å². The average molecular weight is 432 g/mol. The number of benzene rings is 2. The minimum absolute atomic E-state index is 0.0676. The number of ether oxygens (including phenoxy) is 1. The minimum Gasteiger partial charge on any atom is -0.489 e. The number of aromatic nitrogens is 2. The lowest BCUT2D eigenvalue weighted by atomic mass is 9.97. The van der Waals surface area contributed by atoms with Crippen molar-refractivity contribution in [2.75, 3.05) is 5.32 Å². The lowest BCUT2D eigenvalue weighted by molar-refractivity contribution is 0.306. The second kappa shape index (κ2) is 8.55. The fourth-order valence-electron chi connectivity index (χ4n) is 4.18. The van der Waals surface area contributed by atoms with Gasteiger partial charge >= 0.3 is 0 Å². The first-order valence-electron chi connectivity index (χ1n) is 10.8. The number of para-hydroxylation sites is 1. The Bertz CT molecular complexity index is 1280. The van der Waals surface area contributed by atoms with E-state index in [-0.39, 0.29) is 5.56 Å². The molecular weight excluding hydrogens is 406 g/mol. The average Bonchev–Trinajstić information content (AvgIpc) is 3.17. The van der Waals surface area contributed by atoms with Crippen LogP contribution in [0.25, 0.3) is 10.2 Å². The summed E-state index contributed by atoms with van der Waals surface area (Å²) >= 11 is 1.68. The zero-order valence-electron chi connectivity index (χ0n) is 17.6. The van der Waals surface area contributed by atoms with Gasteiger partial charge in [0.1, 0.15) is 17.2 Å². The van der Waals surface area contributed by atoms with Gasteiger partial charge in [-0.3, -0.25) is 9.36 Å². The van der Waals surface area contributed by atoms with Crippen molar-refractivity contribution in [2.45, 2.75) is 45.8 Å². The fourth-order valence-corrected chi connectivity index (χ4v) is 5.43. The van der Waals surface area contributed by atoms with Crippen LogP contribution in [0.3, 0.4) is 0 Å². The van der Waals surface area contributed by atoms with Crippen molar-refractivity contribution in [1.29, 1.82) is 0 Å². The van der Waals surface area contributed by atoms with Crippen LogP contribution in [0.15, 0.2) is 59.4 Å². The predicted octanol–water partition coefficient (Wildman–Crippen LogP) is 5.68. The smallest absolute Gasteiger partial charge is 0.263 e. The standard InChI is InChI=1S/C25H25N3O2S/c1-2-28-24(29)22-20-13-6-7-14-21(20)31-23(22)27-25(28)26-18-10-8-9-17(15-18)16-30-19-11-4-3-5-12-19/h3-5,8-12,15H,2,6-7,13-14,16H2,1H3,(H,26,27). The van der Waals surface area contributed by atoms with Gasteiger partial charge in [0.25, 0.3) is 5.56 Å². The lowest BCUT2D eigenvalue weighted by Gasteiger charge is -2.14. The molecule has 0 atom stereocenters. The molecule has 1 aliphatic rings. The number of hydrogen-bond acceptors (Lipinski definition) is 5. The van der Waals surface area contributed by atoms with Gasteiger partial charge in [-0.2, -0.15) is 0 Å². The zero-order chi connectivity index (χ0) is 21.2. The molecule has 158 valence electrons. The van der Waals surface area contributed by atoms with Crippen molar-refractivity contribution < 1.29 is 4.74 Å². The van der Waals surface area contributed by atoms with Gasteiger partial charge in [-0.25, -0.2) is 4.98 Å². The molecule has 1 aliphatic carbocycles. The van der Waals surface area contributed by atoms with E-state index in [9.17, 15) is 4.79 Å². The second-order valence-corrected chi connectivity index (χ2v) is 8.89. The molecule has 4 aromatic rings. The summed E-state index contributed by atoms with van der Waals surface area (Å²) in [6.45, 7) is 3.04. The molecule has 5 nitrogen and oxygen atoms in total. The number of anilines is 2. The minimum atomic E-state index is 0.0676. The van der Waals surface area contributed by atoms with Gasteiger partial charge in [0.2, 0.25) is 5.95 Å². The molecule has 31 heavy (non-hydrogen) atoms. The van der Waals surface area contributed by atoms with Gasteiger partial charge in [-0.15, -0.1) is 11.3 Å². The Morgan fingerprint density at radius 1 is 1.10 bits per heavy atom. The monoisotopic (exact) mass is 431 g/mol. The molecule has 0 unspecified atom stereocenters. The van der Waals surface area contributed by atoms with Crippen molar-refractivity contribution in [1.82, 2.24) is 9.55 Å². The Balaban J connectivity index is 1.44. The topological polar surface area (TPSA) is 56.1 Å². The van der Waals surface area contributed by atoms with Crippen LogP contribution in [0.5, 0.6) is 5.75 Å². The highest BCUT2D eigenvalue weighted by molar-refractivity contribution is 7.18. The molecule has 6 heteroatoms. The van der Waals surface area contributed by atoms with Crippen LogP contribution in [0.1, 0.15) is 35.8 Å². The van der Waals surface area contributed by atoms with Crippen molar-refractivity contribution >= 4 is 33.2 Å². The van der Waals surface area contributed by atoms with Crippen LogP contribution in [-0.2, 0) is 26.0 Å². The number of rotatable bonds is 6. The van der Waals surface area contributed by atoms with Gasteiger partial charge < -0.3 is 10.1 Å². The molecule has 1 N–H and O–H groups in total. The van der Waals surface area contributed by atoms with Crippen LogP contribution in [0, 0.1) is 0 Å². The molecule has 0 radical (unpaired) electrons. The molecule has 0 saturated heterocycles. The maximum atomic E-state index is 13.3. The van der Waals surface area contributed by atoms with E-state index in [1.807, 2.05) is 61.5 Å². The Morgan fingerprint density at radius 3 is 2.77 bits per heavy atom. The van der Waals surface area contributed by atoms with Crippen LogP contribution >= 0.6 is 11.3 Å². The van der Waals surface area contributed by atoms with Crippen LogP contribution in [0.2, 0.25) is 0 Å². The highest BCUT2D eigenvalue weighted by Crippen LogP contribution is 2.34. The van der Waals surface area contributed by atoms with Gasteiger partial charge in [0.15, 0.2) is 0 Å². The van der Waals surface area contributed by atoms with Gasteiger partial charge in [0, 0.05) is 17.1 Å². The maximum Gasteiger partial charge on any atom is 0.263 e. The third-order valence-corrected chi connectivity index (χ3v) is 6.91. The SMILES string of the molecule is CCn1c(Nc2cccc(COc3ccccc3)c2)nc2sc3c(c2c1=O)CCCC3. The van der Waals surface area contributed by atoms with E-state index in [1.165, 1.54) is 16.9 Å². The largest absolute Gasteiger partial charge is 0.489 e.